The van der Waals surface area contributed by atoms with Crippen molar-refractivity contribution in [3.63, 3.8) is 0 Å². The van der Waals surface area contributed by atoms with E-state index in [4.69, 9.17) is 0 Å². The Kier molecular flexibility index (Phi) is 6.93. The van der Waals surface area contributed by atoms with Gasteiger partial charge in [0.15, 0.2) is 0 Å². The molecule has 0 atom stereocenters. The van der Waals surface area contributed by atoms with Crippen molar-refractivity contribution >= 4 is 17.4 Å². The normalized spacial score (nSPS) is 15.8. The van der Waals surface area contributed by atoms with Crippen molar-refractivity contribution in [3.05, 3.63) is 24.3 Å². The Labute approximate surface area is 151 Å². The van der Waals surface area contributed by atoms with Crippen LogP contribution in [0.5, 0.6) is 0 Å². The first-order valence-electron chi connectivity index (χ1n) is 9.14. The number of nitrogens with one attached hydrogen (secondary N) is 3. The van der Waals surface area contributed by atoms with Gasteiger partial charge in [-0.05, 0) is 51.7 Å². The van der Waals surface area contributed by atoms with Gasteiger partial charge in [-0.25, -0.2) is 4.79 Å². The molecule has 2 amide bonds. The van der Waals surface area contributed by atoms with Crippen molar-refractivity contribution in [3.8, 4) is 0 Å². The number of piperidine rings is 1. The minimum Gasteiger partial charge on any atom is -0.396 e. The zero-order chi connectivity index (χ0) is 18.3. The molecule has 0 saturated carbocycles. The monoisotopic (exact) mass is 348 g/mol. The fourth-order valence-electron chi connectivity index (χ4n) is 3.01. The molecule has 2 rings (SSSR count). The van der Waals surface area contributed by atoms with E-state index in [1.807, 2.05) is 32.9 Å². The molecule has 0 unspecified atom stereocenters. The summed E-state index contributed by atoms with van der Waals surface area (Å²) in [6.45, 7) is 9.33. The van der Waals surface area contributed by atoms with E-state index in [-0.39, 0.29) is 18.2 Å². The molecule has 1 heterocycles. The van der Waals surface area contributed by atoms with Crippen LogP contribution in [-0.2, 0) is 0 Å². The molecular weight excluding hydrogens is 316 g/mol. The third kappa shape index (κ3) is 6.46. The van der Waals surface area contributed by atoms with Gasteiger partial charge in [0.05, 0.1) is 11.4 Å². The summed E-state index contributed by atoms with van der Waals surface area (Å²) in [4.78, 5) is 14.1. The molecule has 6 nitrogen and oxygen atoms in total. The Bertz CT molecular complexity index is 549. The van der Waals surface area contributed by atoms with E-state index in [0.717, 1.165) is 31.6 Å². The van der Waals surface area contributed by atoms with Gasteiger partial charge < -0.3 is 26.0 Å². The standard InChI is InChI=1S/C19H32N4O2/c1-19(2,3)22-18(25)21-11-10-20-16-6-4-5-7-17(16)23-12-8-15(14-24)9-13-23/h4-7,15,20,24H,8-14H2,1-3H3,(H2,21,22,25). The number of hydrogen-bond acceptors (Lipinski definition) is 4. The van der Waals surface area contributed by atoms with E-state index >= 15 is 0 Å². The van der Waals surface area contributed by atoms with Crippen LogP contribution in [-0.4, -0.2) is 49.5 Å². The zero-order valence-corrected chi connectivity index (χ0v) is 15.6. The maximum absolute atomic E-state index is 11.8. The third-order valence-corrected chi connectivity index (χ3v) is 4.33. The first-order valence-corrected chi connectivity index (χ1v) is 9.14. The van der Waals surface area contributed by atoms with Gasteiger partial charge in [0.2, 0.25) is 0 Å². The van der Waals surface area contributed by atoms with Crippen molar-refractivity contribution in [1.82, 2.24) is 10.6 Å². The second-order valence-electron chi connectivity index (χ2n) is 7.69. The Hall–Kier alpha value is -1.95. The van der Waals surface area contributed by atoms with Gasteiger partial charge >= 0.3 is 6.03 Å². The number of rotatable bonds is 6. The first kappa shape index (κ1) is 19.4. The highest BCUT2D eigenvalue weighted by Crippen LogP contribution is 2.29. The van der Waals surface area contributed by atoms with Crippen LogP contribution in [0.4, 0.5) is 16.2 Å². The topological polar surface area (TPSA) is 76.6 Å². The molecule has 0 radical (unpaired) electrons. The smallest absolute Gasteiger partial charge is 0.315 e. The molecule has 25 heavy (non-hydrogen) atoms. The van der Waals surface area contributed by atoms with Gasteiger partial charge in [-0.1, -0.05) is 12.1 Å². The van der Waals surface area contributed by atoms with Crippen LogP contribution < -0.4 is 20.9 Å². The Morgan fingerprint density at radius 1 is 1.20 bits per heavy atom. The van der Waals surface area contributed by atoms with Crippen molar-refractivity contribution in [1.29, 1.82) is 0 Å². The number of carbonyl (C=O) groups is 1. The summed E-state index contributed by atoms with van der Waals surface area (Å²) in [5, 5.41) is 18.5. The van der Waals surface area contributed by atoms with E-state index < -0.39 is 0 Å². The molecule has 0 bridgehead atoms. The van der Waals surface area contributed by atoms with Gasteiger partial charge in [0, 0.05) is 38.3 Å². The predicted octanol–water partition coefficient (Wildman–Crippen LogP) is 2.40. The molecule has 0 aromatic heterocycles. The van der Waals surface area contributed by atoms with E-state index in [2.05, 4.69) is 33.0 Å². The lowest BCUT2D eigenvalue weighted by atomic mass is 9.97. The molecular formula is C19H32N4O2. The predicted molar refractivity (Wildman–Crippen MR) is 103 cm³/mol. The molecule has 1 aromatic rings. The van der Waals surface area contributed by atoms with Gasteiger partial charge in [-0.2, -0.15) is 0 Å². The van der Waals surface area contributed by atoms with Crippen molar-refractivity contribution in [2.45, 2.75) is 39.2 Å². The molecule has 1 saturated heterocycles. The summed E-state index contributed by atoms with van der Waals surface area (Å²) in [5.74, 6) is 0.432. The van der Waals surface area contributed by atoms with Crippen molar-refractivity contribution in [2.75, 3.05) is 43.0 Å². The number of urea groups is 1. The average molecular weight is 348 g/mol. The second kappa shape index (κ2) is 8.94. The third-order valence-electron chi connectivity index (χ3n) is 4.33. The number of para-hydroxylation sites is 2. The molecule has 0 spiro atoms. The summed E-state index contributed by atoms with van der Waals surface area (Å²) in [5.41, 5.74) is 2.05. The summed E-state index contributed by atoms with van der Waals surface area (Å²) >= 11 is 0. The molecule has 1 fully saturated rings. The van der Waals surface area contributed by atoms with Gasteiger partial charge in [-0.3, -0.25) is 0 Å². The highest BCUT2D eigenvalue weighted by Gasteiger charge is 2.20. The number of nitrogens with zero attached hydrogens (tertiary/aromatic N) is 1. The fraction of sp³-hybridized carbons (Fsp3) is 0.632. The lowest BCUT2D eigenvalue weighted by Gasteiger charge is -2.34. The number of benzene rings is 1. The van der Waals surface area contributed by atoms with Gasteiger partial charge in [-0.15, -0.1) is 0 Å². The summed E-state index contributed by atoms with van der Waals surface area (Å²) in [6.07, 6.45) is 2.05. The first-order chi connectivity index (χ1) is 11.9. The van der Waals surface area contributed by atoms with Crippen LogP contribution in [0.2, 0.25) is 0 Å². The van der Waals surface area contributed by atoms with Gasteiger partial charge in [0.1, 0.15) is 0 Å². The maximum Gasteiger partial charge on any atom is 0.315 e. The summed E-state index contributed by atoms with van der Waals surface area (Å²) in [6, 6.07) is 8.12. The molecule has 1 aliphatic heterocycles. The number of carbonyl (C=O) groups excluding carboxylic acids is 1. The largest absolute Gasteiger partial charge is 0.396 e. The van der Waals surface area contributed by atoms with Crippen LogP contribution in [0, 0.1) is 5.92 Å². The lowest BCUT2D eigenvalue weighted by Crippen LogP contribution is -2.47. The molecule has 1 aliphatic rings. The Morgan fingerprint density at radius 3 is 2.52 bits per heavy atom. The molecule has 0 aliphatic carbocycles. The van der Waals surface area contributed by atoms with E-state index in [1.54, 1.807) is 0 Å². The summed E-state index contributed by atoms with van der Waals surface area (Å²) < 4.78 is 0. The SMILES string of the molecule is CC(C)(C)NC(=O)NCCNc1ccccc1N1CCC(CO)CC1. The summed E-state index contributed by atoms with van der Waals surface area (Å²) in [7, 11) is 0. The van der Waals surface area contributed by atoms with Crippen molar-refractivity contribution < 1.29 is 9.90 Å². The van der Waals surface area contributed by atoms with Crippen LogP contribution in [0.1, 0.15) is 33.6 Å². The lowest BCUT2D eigenvalue weighted by molar-refractivity contribution is 0.203. The number of amides is 2. The highest BCUT2D eigenvalue weighted by atomic mass is 16.3. The quantitative estimate of drug-likeness (QED) is 0.596. The minimum atomic E-state index is -0.231. The Morgan fingerprint density at radius 2 is 1.88 bits per heavy atom. The van der Waals surface area contributed by atoms with Gasteiger partial charge in [0.25, 0.3) is 0 Å². The number of aliphatic hydroxyl groups excluding tert-OH is 1. The highest BCUT2D eigenvalue weighted by molar-refractivity contribution is 5.74. The van der Waals surface area contributed by atoms with E-state index in [1.165, 1.54) is 5.69 Å². The Balaban J connectivity index is 1.82. The van der Waals surface area contributed by atoms with Crippen molar-refractivity contribution in [2.24, 2.45) is 5.92 Å². The van der Waals surface area contributed by atoms with E-state index in [0.29, 0.717) is 19.0 Å². The number of hydrogen-bond donors (Lipinski definition) is 4. The molecule has 6 heteroatoms. The molecule has 140 valence electrons. The van der Waals surface area contributed by atoms with Crippen LogP contribution in [0.15, 0.2) is 24.3 Å². The van der Waals surface area contributed by atoms with Crippen LogP contribution in [0.3, 0.4) is 0 Å². The maximum atomic E-state index is 11.8. The molecule has 4 N–H and O–H groups in total. The minimum absolute atomic E-state index is 0.145. The molecule has 1 aromatic carbocycles. The van der Waals surface area contributed by atoms with E-state index in [9.17, 15) is 9.90 Å². The number of anilines is 2. The average Bonchev–Trinajstić information content (AvgIpc) is 2.58. The fourth-order valence-corrected chi connectivity index (χ4v) is 3.01. The number of aliphatic hydroxyl groups is 1. The zero-order valence-electron chi connectivity index (χ0n) is 15.6. The second-order valence-corrected chi connectivity index (χ2v) is 7.69. The van der Waals surface area contributed by atoms with Crippen LogP contribution >= 0.6 is 0 Å². The van der Waals surface area contributed by atoms with Crippen LogP contribution in [0.25, 0.3) is 0 Å².